The second-order valence-electron chi connectivity index (χ2n) is 3.41. The lowest BCUT2D eigenvalue weighted by Crippen LogP contribution is -2.20. The molecule has 0 radical (unpaired) electrons. The number of nitrogens with two attached hydrogens (primary N) is 1. The molecule has 0 atom stereocenters. The molecule has 1 rings (SSSR count). The number of carbonyl (C=O) groups is 1. The van der Waals surface area contributed by atoms with Gasteiger partial charge in [0.05, 0.1) is 17.9 Å². The number of para-hydroxylation sites is 1. The Morgan fingerprint density at radius 2 is 2.00 bits per heavy atom. The number of primary amides is 1. The van der Waals surface area contributed by atoms with Crippen molar-refractivity contribution in [3.05, 3.63) is 29.8 Å². The standard InChI is InChI=1S/C10H13ClN2O3S/c11-5-6-17(15,16)13-9-4-2-1-3-8(9)7-10(12)14/h1-4,13H,5-7H2,(H2,12,14). The maximum absolute atomic E-state index is 11.5. The Morgan fingerprint density at radius 3 is 2.59 bits per heavy atom. The predicted molar refractivity (Wildman–Crippen MR) is 67.5 cm³/mol. The van der Waals surface area contributed by atoms with Gasteiger partial charge in [0.25, 0.3) is 0 Å². The summed E-state index contributed by atoms with van der Waals surface area (Å²) in [4.78, 5) is 10.8. The van der Waals surface area contributed by atoms with E-state index in [4.69, 9.17) is 17.3 Å². The van der Waals surface area contributed by atoms with Crippen molar-refractivity contribution in [2.24, 2.45) is 5.73 Å². The minimum absolute atomic E-state index is 0.00726. The van der Waals surface area contributed by atoms with Gasteiger partial charge in [-0.25, -0.2) is 8.42 Å². The van der Waals surface area contributed by atoms with Gasteiger partial charge in [-0.1, -0.05) is 18.2 Å². The van der Waals surface area contributed by atoms with Gasteiger partial charge in [0, 0.05) is 5.88 Å². The van der Waals surface area contributed by atoms with Crippen molar-refractivity contribution < 1.29 is 13.2 Å². The van der Waals surface area contributed by atoms with Crippen LogP contribution in [-0.2, 0) is 21.2 Å². The van der Waals surface area contributed by atoms with E-state index in [9.17, 15) is 13.2 Å². The molecule has 0 fully saturated rings. The van der Waals surface area contributed by atoms with Gasteiger partial charge in [-0.15, -0.1) is 11.6 Å². The third kappa shape index (κ3) is 4.62. The van der Waals surface area contributed by atoms with Crippen LogP contribution in [0.2, 0.25) is 0 Å². The van der Waals surface area contributed by atoms with Gasteiger partial charge >= 0.3 is 0 Å². The zero-order chi connectivity index (χ0) is 12.9. The second-order valence-corrected chi connectivity index (χ2v) is 5.63. The molecule has 0 aromatic heterocycles. The molecule has 0 unspecified atom stereocenters. The van der Waals surface area contributed by atoms with Gasteiger partial charge in [0.15, 0.2) is 0 Å². The number of carbonyl (C=O) groups excluding carboxylic acids is 1. The van der Waals surface area contributed by atoms with Crippen molar-refractivity contribution in [1.29, 1.82) is 0 Å². The minimum atomic E-state index is -3.48. The number of nitrogens with one attached hydrogen (secondary N) is 1. The second kappa shape index (κ2) is 5.88. The van der Waals surface area contributed by atoms with Crippen LogP contribution in [0.15, 0.2) is 24.3 Å². The van der Waals surface area contributed by atoms with E-state index < -0.39 is 15.9 Å². The van der Waals surface area contributed by atoms with Crippen molar-refractivity contribution in [2.75, 3.05) is 16.4 Å². The minimum Gasteiger partial charge on any atom is -0.369 e. The Hall–Kier alpha value is -1.27. The number of benzene rings is 1. The van der Waals surface area contributed by atoms with Crippen molar-refractivity contribution in [2.45, 2.75) is 6.42 Å². The number of hydrogen-bond acceptors (Lipinski definition) is 3. The van der Waals surface area contributed by atoms with E-state index in [2.05, 4.69) is 4.72 Å². The highest BCUT2D eigenvalue weighted by Gasteiger charge is 2.12. The molecule has 0 bridgehead atoms. The van der Waals surface area contributed by atoms with Gasteiger partial charge in [0.2, 0.25) is 15.9 Å². The first-order chi connectivity index (χ1) is 7.94. The lowest BCUT2D eigenvalue weighted by atomic mass is 10.1. The Labute approximate surface area is 105 Å². The van der Waals surface area contributed by atoms with Crippen LogP contribution >= 0.6 is 11.6 Å². The first-order valence-electron chi connectivity index (χ1n) is 4.87. The molecular weight excluding hydrogens is 264 g/mol. The molecule has 0 heterocycles. The third-order valence-electron chi connectivity index (χ3n) is 1.99. The van der Waals surface area contributed by atoms with E-state index in [-0.39, 0.29) is 18.1 Å². The largest absolute Gasteiger partial charge is 0.369 e. The number of amides is 1. The first kappa shape index (κ1) is 13.8. The van der Waals surface area contributed by atoms with Crippen LogP contribution in [0.5, 0.6) is 0 Å². The van der Waals surface area contributed by atoms with Crippen molar-refractivity contribution in [3.63, 3.8) is 0 Å². The van der Waals surface area contributed by atoms with Gasteiger partial charge in [0.1, 0.15) is 0 Å². The Bertz CT molecular complexity index is 502. The van der Waals surface area contributed by atoms with E-state index >= 15 is 0 Å². The van der Waals surface area contributed by atoms with Gasteiger partial charge in [-0.3, -0.25) is 9.52 Å². The molecule has 7 heteroatoms. The summed E-state index contributed by atoms with van der Waals surface area (Å²) in [5.41, 5.74) is 5.98. The fourth-order valence-electron chi connectivity index (χ4n) is 1.28. The number of rotatable bonds is 6. The fourth-order valence-corrected chi connectivity index (χ4v) is 2.73. The van der Waals surface area contributed by atoms with Crippen molar-refractivity contribution in [3.8, 4) is 0 Å². The van der Waals surface area contributed by atoms with Crippen LogP contribution in [-0.4, -0.2) is 26.0 Å². The monoisotopic (exact) mass is 276 g/mol. The Balaban J connectivity index is 2.94. The molecule has 3 N–H and O–H groups in total. The zero-order valence-corrected chi connectivity index (χ0v) is 10.6. The molecule has 0 aliphatic rings. The molecule has 1 aromatic rings. The summed E-state index contributed by atoms with van der Waals surface area (Å²) in [6.45, 7) is 0. The Morgan fingerprint density at radius 1 is 1.35 bits per heavy atom. The highest BCUT2D eigenvalue weighted by atomic mass is 35.5. The lowest BCUT2D eigenvalue weighted by Gasteiger charge is -2.10. The van der Waals surface area contributed by atoms with E-state index in [1.807, 2.05) is 0 Å². The zero-order valence-electron chi connectivity index (χ0n) is 9.02. The predicted octanol–water partition coefficient (Wildman–Crippen LogP) is 0.695. The number of alkyl halides is 1. The Kier molecular flexibility index (Phi) is 4.77. The quantitative estimate of drug-likeness (QED) is 0.749. The molecule has 0 saturated heterocycles. The highest BCUT2D eigenvalue weighted by molar-refractivity contribution is 7.92. The highest BCUT2D eigenvalue weighted by Crippen LogP contribution is 2.17. The van der Waals surface area contributed by atoms with Crippen LogP contribution in [0.25, 0.3) is 0 Å². The van der Waals surface area contributed by atoms with Crippen LogP contribution in [0.1, 0.15) is 5.56 Å². The summed E-state index contributed by atoms with van der Waals surface area (Å²) in [5.74, 6) is -0.693. The molecule has 1 amide bonds. The molecule has 0 aliphatic carbocycles. The van der Waals surface area contributed by atoms with Gasteiger partial charge in [-0.05, 0) is 11.6 Å². The van der Waals surface area contributed by atoms with Crippen LogP contribution in [0.3, 0.4) is 0 Å². The third-order valence-corrected chi connectivity index (χ3v) is 3.68. The van der Waals surface area contributed by atoms with E-state index in [0.29, 0.717) is 11.3 Å². The van der Waals surface area contributed by atoms with Crippen molar-refractivity contribution >= 4 is 33.2 Å². The summed E-state index contributed by atoms with van der Waals surface area (Å²) >= 11 is 5.38. The molecule has 5 nitrogen and oxygen atoms in total. The van der Waals surface area contributed by atoms with Crippen LogP contribution in [0, 0.1) is 0 Å². The maximum atomic E-state index is 11.5. The van der Waals surface area contributed by atoms with Crippen molar-refractivity contribution in [1.82, 2.24) is 0 Å². The molecule has 17 heavy (non-hydrogen) atoms. The van der Waals surface area contributed by atoms with Crippen LogP contribution < -0.4 is 10.5 Å². The van der Waals surface area contributed by atoms with E-state index in [0.717, 1.165) is 0 Å². The topological polar surface area (TPSA) is 89.3 Å². The molecule has 0 spiro atoms. The normalized spacial score (nSPS) is 11.1. The summed E-state index contributed by atoms with van der Waals surface area (Å²) < 4.78 is 25.4. The number of sulfonamides is 1. The summed E-state index contributed by atoms with van der Waals surface area (Å²) in [6, 6.07) is 6.59. The number of hydrogen-bond donors (Lipinski definition) is 2. The fraction of sp³-hybridized carbons (Fsp3) is 0.300. The smallest absolute Gasteiger partial charge is 0.233 e. The van der Waals surface area contributed by atoms with Gasteiger partial charge in [-0.2, -0.15) is 0 Å². The van der Waals surface area contributed by atoms with Gasteiger partial charge < -0.3 is 5.73 Å². The van der Waals surface area contributed by atoms with E-state index in [1.165, 1.54) is 0 Å². The molecule has 94 valence electrons. The summed E-state index contributed by atoms with van der Waals surface area (Å²) in [6.07, 6.45) is -0.0143. The average Bonchev–Trinajstić information content (AvgIpc) is 2.19. The molecular formula is C10H13ClN2O3S. The molecule has 0 saturated carbocycles. The SMILES string of the molecule is NC(=O)Cc1ccccc1NS(=O)(=O)CCCl. The molecule has 0 aliphatic heterocycles. The lowest BCUT2D eigenvalue weighted by molar-refractivity contribution is -0.117. The van der Waals surface area contributed by atoms with Crippen LogP contribution in [0.4, 0.5) is 5.69 Å². The number of anilines is 1. The maximum Gasteiger partial charge on any atom is 0.233 e. The number of halogens is 1. The first-order valence-corrected chi connectivity index (χ1v) is 7.06. The van der Waals surface area contributed by atoms with E-state index in [1.54, 1.807) is 24.3 Å². The average molecular weight is 277 g/mol. The summed E-state index contributed by atoms with van der Waals surface area (Å²) in [7, 11) is -3.48. The summed E-state index contributed by atoms with van der Waals surface area (Å²) in [5, 5.41) is 0. The molecule has 1 aromatic carbocycles.